The Balaban J connectivity index is 3.10. The summed E-state index contributed by atoms with van der Waals surface area (Å²) in [5.41, 5.74) is -0.613. The lowest BCUT2D eigenvalue weighted by Gasteiger charge is -2.12. The second-order valence-electron chi connectivity index (χ2n) is 3.67. The van der Waals surface area contributed by atoms with Gasteiger partial charge in [0, 0.05) is 0 Å². The highest BCUT2D eigenvalue weighted by Gasteiger charge is 2.39. The highest BCUT2D eigenvalue weighted by atomic mass is 32.2. The van der Waals surface area contributed by atoms with Crippen molar-refractivity contribution in [3.05, 3.63) is 24.3 Å². The van der Waals surface area contributed by atoms with Crippen molar-refractivity contribution >= 4 is 27.6 Å². The molecule has 0 heterocycles. The number of nitrogens with one attached hydrogen (secondary N) is 2. The molecule has 0 fully saturated rings. The van der Waals surface area contributed by atoms with Gasteiger partial charge in [0.05, 0.1) is 5.69 Å². The predicted octanol–water partition coefficient (Wildman–Crippen LogP) is 0.550. The second-order valence-corrected chi connectivity index (χ2v) is 5.40. The molecule has 0 aromatic heterocycles. The summed E-state index contributed by atoms with van der Waals surface area (Å²) in [6.45, 7) is -0.954. The molecule has 1 amide bonds. The maximum atomic E-state index is 12.2. The van der Waals surface area contributed by atoms with Crippen molar-refractivity contribution in [3.63, 3.8) is 0 Å². The van der Waals surface area contributed by atoms with Gasteiger partial charge in [0.2, 0.25) is 10.0 Å². The minimum Gasteiger partial charge on any atom is -0.480 e. The van der Waals surface area contributed by atoms with Crippen molar-refractivity contribution in [1.29, 1.82) is 0 Å². The van der Waals surface area contributed by atoms with Crippen LogP contribution in [0.4, 0.5) is 18.9 Å². The van der Waals surface area contributed by atoms with Gasteiger partial charge in [-0.1, -0.05) is 12.1 Å². The Morgan fingerprint density at radius 2 is 1.76 bits per heavy atom. The van der Waals surface area contributed by atoms with Crippen molar-refractivity contribution in [3.8, 4) is 0 Å². The quantitative estimate of drug-likeness (QED) is 0.731. The third-order valence-corrected chi connectivity index (χ3v) is 3.56. The molecule has 0 aliphatic rings. The van der Waals surface area contributed by atoms with Crippen LogP contribution in [0.15, 0.2) is 29.2 Å². The summed E-state index contributed by atoms with van der Waals surface area (Å²) in [6, 6.07) is 4.29. The van der Waals surface area contributed by atoms with Crippen molar-refractivity contribution in [2.75, 3.05) is 11.9 Å². The Morgan fingerprint density at radius 3 is 2.29 bits per heavy atom. The number of sulfonamides is 1. The fraction of sp³-hybridized carbons (Fsp3) is 0.200. The first-order chi connectivity index (χ1) is 9.54. The smallest absolute Gasteiger partial charge is 0.471 e. The Hall–Kier alpha value is -2.14. The zero-order valence-corrected chi connectivity index (χ0v) is 11.0. The summed E-state index contributed by atoms with van der Waals surface area (Å²) in [4.78, 5) is 20.5. The van der Waals surface area contributed by atoms with Gasteiger partial charge in [0.1, 0.15) is 11.4 Å². The number of carbonyl (C=O) groups excluding carboxylic acids is 1. The molecule has 1 rings (SSSR count). The minimum absolute atomic E-state index is 0.613. The first-order valence-corrected chi connectivity index (χ1v) is 6.71. The Morgan fingerprint density at radius 1 is 1.19 bits per heavy atom. The first kappa shape index (κ1) is 16.9. The number of anilines is 1. The number of carboxylic acids is 1. The van der Waals surface area contributed by atoms with Gasteiger partial charge < -0.3 is 10.4 Å². The third-order valence-electron chi connectivity index (χ3n) is 2.10. The summed E-state index contributed by atoms with van der Waals surface area (Å²) in [6.07, 6.45) is -5.19. The number of para-hydroxylation sites is 1. The molecule has 7 nitrogen and oxygen atoms in total. The standard InChI is InChI=1S/C10H9F3N2O5S/c11-10(12,13)9(18)15-6-3-1-2-4-7(6)21(19,20)14-5-8(16)17/h1-4,14H,5H2,(H,15,18)(H,16,17). The van der Waals surface area contributed by atoms with Crippen LogP contribution >= 0.6 is 0 Å². The van der Waals surface area contributed by atoms with E-state index in [1.165, 1.54) is 17.4 Å². The zero-order valence-electron chi connectivity index (χ0n) is 10.1. The Labute approximate surface area is 116 Å². The molecule has 0 bridgehead atoms. The molecule has 21 heavy (non-hydrogen) atoms. The van der Waals surface area contributed by atoms with Crippen molar-refractivity contribution < 1.29 is 36.3 Å². The maximum absolute atomic E-state index is 12.2. The predicted molar refractivity (Wildman–Crippen MR) is 64.0 cm³/mol. The van der Waals surface area contributed by atoms with Crippen LogP contribution in [0.5, 0.6) is 0 Å². The summed E-state index contributed by atoms with van der Waals surface area (Å²) < 4.78 is 61.7. The Bertz CT molecular complexity index is 657. The number of carbonyl (C=O) groups is 2. The van der Waals surface area contributed by atoms with E-state index in [1.807, 2.05) is 0 Å². The lowest BCUT2D eigenvalue weighted by molar-refractivity contribution is -0.167. The van der Waals surface area contributed by atoms with Gasteiger partial charge in [-0.25, -0.2) is 8.42 Å². The number of alkyl halides is 3. The number of benzene rings is 1. The second kappa shape index (κ2) is 6.10. The zero-order chi connectivity index (χ0) is 16.3. The van der Waals surface area contributed by atoms with Gasteiger partial charge in [0.15, 0.2) is 0 Å². The molecule has 0 radical (unpaired) electrons. The number of hydrogen-bond donors (Lipinski definition) is 3. The largest absolute Gasteiger partial charge is 0.480 e. The van der Waals surface area contributed by atoms with E-state index < -0.39 is 45.2 Å². The summed E-state index contributed by atoms with van der Waals surface area (Å²) >= 11 is 0. The average Bonchev–Trinajstić information content (AvgIpc) is 2.36. The van der Waals surface area contributed by atoms with E-state index in [0.717, 1.165) is 12.1 Å². The van der Waals surface area contributed by atoms with E-state index in [1.54, 1.807) is 4.72 Å². The van der Waals surface area contributed by atoms with Crippen LogP contribution in [0.1, 0.15) is 0 Å². The number of halogens is 3. The third kappa shape index (κ3) is 4.72. The van der Waals surface area contributed by atoms with E-state index in [4.69, 9.17) is 5.11 Å². The summed E-state index contributed by atoms with van der Waals surface area (Å²) in [7, 11) is -4.39. The van der Waals surface area contributed by atoms with Crippen molar-refractivity contribution in [2.45, 2.75) is 11.1 Å². The molecule has 0 spiro atoms. The van der Waals surface area contributed by atoms with Crippen LogP contribution in [0, 0.1) is 0 Å². The molecule has 1 aromatic carbocycles. The van der Waals surface area contributed by atoms with E-state index in [0.29, 0.717) is 0 Å². The van der Waals surface area contributed by atoms with E-state index in [-0.39, 0.29) is 0 Å². The normalized spacial score (nSPS) is 12.0. The highest BCUT2D eigenvalue weighted by molar-refractivity contribution is 7.89. The molecule has 0 atom stereocenters. The monoisotopic (exact) mass is 326 g/mol. The van der Waals surface area contributed by atoms with Crippen LogP contribution in [0.2, 0.25) is 0 Å². The van der Waals surface area contributed by atoms with Crippen LogP contribution in [-0.2, 0) is 19.6 Å². The highest BCUT2D eigenvalue weighted by Crippen LogP contribution is 2.23. The minimum atomic E-state index is -5.19. The molecule has 0 unspecified atom stereocenters. The van der Waals surface area contributed by atoms with Crippen LogP contribution < -0.4 is 10.0 Å². The molecule has 0 saturated carbocycles. The van der Waals surface area contributed by atoms with E-state index in [9.17, 15) is 31.2 Å². The fourth-order valence-corrected chi connectivity index (χ4v) is 2.37. The van der Waals surface area contributed by atoms with Gasteiger partial charge in [-0.3, -0.25) is 9.59 Å². The lowest BCUT2D eigenvalue weighted by atomic mass is 10.3. The summed E-state index contributed by atoms with van der Waals surface area (Å²) in [5.74, 6) is -3.82. The maximum Gasteiger partial charge on any atom is 0.471 e. The molecule has 116 valence electrons. The molecule has 3 N–H and O–H groups in total. The topological polar surface area (TPSA) is 113 Å². The number of amides is 1. The van der Waals surface area contributed by atoms with Gasteiger partial charge in [-0.15, -0.1) is 0 Å². The first-order valence-electron chi connectivity index (χ1n) is 5.22. The van der Waals surface area contributed by atoms with Gasteiger partial charge >= 0.3 is 18.1 Å². The SMILES string of the molecule is O=C(O)CNS(=O)(=O)c1ccccc1NC(=O)C(F)(F)F. The molecule has 11 heteroatoms. The molecule has 0 aliphatic heterocycles. The number of aliphatic carboxylic acids is 1. The molecule has 0 saturated heterocycles. The van der Waals surface area contributed by atoms with E-state index >= 15 is 0 Å². The van der Waals surface area contributed by atoms with Crippen LogP contribution in [0.3, 0.4) is 0 Å². The molecule has 1 aromatic rings. The lowest BCUT2D eigenvalue weighted by Crippen LogP contribution is -2.33. The average molecular weight is 326 g/mol. The van der Waals surface area contributed by atoms with Crippen LogP contribution in [-0.4, -0.2) is 38.1 Å². The molecular weight excluding hydrogens is 317 g/mol. The van der Waals surface area contributed by atoms with E-state index in [2.05, 4.69) is 0 Å². The molecule has 0 aliphatic carbocycles. The number of carboxylic acid groups (broad SMARTS) is 1. The number of hydrogen-bond acceptors (Lipinski definition) is 4. The van der Waals surface area contributed by atoms with Crippen LogP contribution in [0.25, 0.3) is 0 Å². The van der Waals surface area contributed by atoms with Crippen molar-refractivity contribution in [1.82, 2.24) is 4.72 Å². The number of rotatable bonds is 5. The fourth-order valence-electron chi connectivity index (χ4n) is 1.23. The molecular formula is C10H9F3N2O5S. The summed E-state index contributed by atoms with van der Waals surface area (Å²) in [5, 5.41) is 9.81. The van der Waals surface area contributed by atoms with Gasteiger partial charge in [0.25, 0.3) is 0 Å². The van der Waals surface area contributed by atoms with Gasteiger partial charge in [-0.05, 0) is 12.1 Å². The van der Waals surface area contributed by atoms with Crippen molar-refractivity contribution in [2.24, 2.45) is 0 Å². The van der Waals surface area contributed by atoms with Gasteiger partial charge in [-0.2, -0.15) is 17.9 Å². The Kier molecular flexibility index (Phi) is 4.91.